The zero-order chi connectivity index (χ0) is 11.7. The fourth-order valence-corrected chi connectivity index (χ4v) is 2.88. The van der Waals surface area contributed by atoms with Crippen LogP contribution in [0.4, 0.5) is 0 Å². The predicted octanol–water partition coefficient (Wildman–Crippen LogP) is 2.31. The van der Waals surface area contributed by atoms with E-state index in [-0.39, 0.29) is 18.1 Å². The molecule has 0 saturated carbocycles. The van der Waals surface area contributed by atoms with Gasteiger partial charge < -0.3 is 9.64 Å². The Kier molecular flexibility index (Phi) is 3.30. The maximum Gasteiger partial charge on any atom is 0.264 e. The summed E-state index contributed by atoms with van der Waals surface area (Å²) in [5.74, 6) is 0.139. The van der Waals surface area contributed by atoms with Crippen molar-refractivity contribution in [3.63, 3.8) is 0 Å². The van der Waals surface area contributed by atoms with Crippen molar-refractivity contribution in [2.75, 3.05) is 13.1 Å². The molecule has 0 radical (unpaired) electrons. The summed E-state index contributed by atoms with van der Waals surface area (Å²) in [7, 11) is 0. The van der Waals surface area contributed by atoms with E-state index in [0.29, 0.717) is 13.1 Å². The lowest BCUT2D eigenvalue weighted by Gasteiger charge is -2.35. The second-order valence-electron chi connectivity index (χ2n) is 4.38. The zero-order valence-corrected chi connectivity index (χ0v) is 10.7. The Morgan fingerprint density at radius 2 is 2.00 bits per heavy atom. The molecule has 4 heteroatoms. The summed E-state index contributed by atoms with van der Waals surface area (Å²) < 4.78 is 5.62. The average molecular weight is 239 g/mol. The smallest absolute Gasteiger partial charge is 0.264 e. The highest BCUT2D eigenvalue weighted by atomic mass is 32.1. The Labute approximate surface area is 100 Å². The molecule has 1 saturated heterocycles. The van der Waals surface area contributed by atoms with Crippen LogP contribution < -0.4 is 0 Å². The minimum absolute atomic E-state index is 0.133. The van der Waals surface area contributed by atoms with Crippen molar-refractivity contribution in [2.45, 2.75) is 33.0 Å². The van der Waals surface area contributed by atoms with E-state index in [4.69, 9.17) is 4.74 Å². The fourth-order valence-electron chi connectivity index (χ4n) is 2.05. The molecule has 1 aromatic rings. The SMILES string of the molecule is Cc1ccc(C(=O)N2C[C@H](C)O[C@@H](C)C2)s1. The molecular formula is C12H17NO2S. The quantitative estimate of drug-likeness (QED) is 0.752. The third-order valence-electron chi connectivity index (χ3n) is 2.66. The molecule has 0 aromatic carbocycles. The lowest BCUT2D eigenvalue weighted by molar-refractivity contribution is -0.0585. The third kappa shape index (κ3) is 2.44. The van der Waals surface area contributed by atoms with Crippen LogP contribution in [-0.4, -0.2) is 36.1 Å². The molecule has 2 rings (SSSR count). The van der Waals surface area contributed by atoms with E-state index in [1.54, 1.807) is 11.3 Å². The molecule has 0 aliphatic carbocycles. The van der Waals surface area contributed by atoms with Crippen LogP contribution in [0.5, 0.6) is 0 Å². The highest BCUT2D eigenvalue weighted by molar-refractivity contribution is 7.13. The molecule has 2 heterocycles. The van der Waals surface area contributed by atoms with Crippen LogP contribution in [0.3, 0.4) is 0 Å². The second-order valence-corrected chi connectivity index (χ2v) is 5.67. The Morgan fingerprint density at radius 3 is 2.50 bits per heavy atom. The van der Waals surface area contributed by atoms with E-state index in [1.165, 1.54) is 4.88 Å². The second kappa shape index (κ2) is 4.55. The number of amides is 1. The maximum absolute atomic E-state index is 12.2. The molecule has 0 bridgehead atoms. The van der Waals surface area contributed by atoms with Gasteiger partial charge in [0.15, 0.2) is 0 Å². The molecule has 0 unspecified atom stereocenters. The Morgan fingerprint density at radius 1 is 1.38 bits per heavy atom. The van der Waals surface area contributed by atoms with Crippen LogP contribution in [-0.2, 0) is 4.74 Å². The number of hydrogen-bond donors (Lipinski definition) is 0. The van der Waals surface area contributed by atoms with Crippen molar-refractivity contribution < 1.29 is 9.53 Å². The van der Waals surface area contributed by atoms with Gasteiger partial charge in [-0.2, -0.15) is 0 Å². The lowest BCUT2D eigenvalue weighted by atomic mass is 10.2. The third-order valence-corrected chi connectivity index (χ3v) is 3.65. The van der Waals surface area contributed by atoms with Crippen molar-refractivity contribution in [3.05, 3.63) is 21.9 Å². The first kappa shape index (κ1) is 11.6. The first-order chi connectivity index (χ1) is 7.56. The Balaban J connectivity index is 2.09. The van der Waals surface area contributed by atoms with Crippen molar-refractivity contribution >= 4 is 17.2 Å². The number of carbonyl (C=O) groups is 1. The molecule has 1 aromatic heterocycles. The van der Waals surface area contributed by atoms with Crippen LogP contribution in [0.1, 0.15) is 28.4 Å². The summed E-state index contributed by atoms with van der Waals surface area (Å²) in [5, 5.41) is 0. The number of hydrogen-bond acceptors (Lipinski definition) is 3. The van der Waals surface area contributed by atoms with Crippen molar-refractivity contribution in [1.29, 1.82) is 0 Å². The molecule has 1 fully saturated rings. The standard InChI is InChI=1S/C12H17NO2S/c1-8-6-13(7-9(2)15-8)12(14)11-5-4-10(3)16-11/h4-5,8-9H,6-7H2,1-3H3/t8-,9-/m0/s1. The van der Waals surface area contributed by atoms with E-state index >= 15 is 0 Å². The number of ether oxygens (including phenoxy) is 1. The molecule has 1 aliphatic heterocycles. The lowest BCUT2D eigenvalue weighted by Crippen LogP contribution is -2.48. The van der Waals surface area contributed by atoms with Crippen molar-refractivity contribution in [1.82, 2.24) is 4.90 Å². The van der Waals surface area contributed by atoms with E-state index in [9.17, 15) is 4.79 Å². The summed E-state index contributed by atoms with van der Waals surface area (Å²) in [6, 6.07) is 3.90. The van der Waals surface area contributed by atoms with E-state index < -0.39 is 0 Å². The molecule has 3 nitrogen and oxygen atoms in total. The van der Waals surface area contributed by atoms with E-state index in [1.807, 2.05) is 37.8 Å². The normalized spacial score (nSPS) is 25.8. The van der Waals surface area contributed by atoms with Crippen molar-refractivity contribution in [3.8, 4) is 0 Å². The minimum atomic E-state index is 0.133. The number of carbonyl (C=O) groups excluding carboxylic acids is 1. The van der Waals surface area contributed by atoms with Gasteiger partial charge >= 0.3 is 0 Å². The van der Waals surface area contributed by atoms with Crippen LogP contribution >= 0.6 is 11.3 Å². The van der Waals surface area contributed by atoms with Gasteiger partial charge in [0, 0.05) is 18.0 Å². The minimum Gasteiger partial charge on any atom is -0.372 e. The Hall–Kier alpha value is -0.870. The van der Waals surface area contributed by atoms with Gasteiger partial charge in [-0.1, -0.05) is 0 Å². The summed E-state index contributed by atoms with van der Waals surface area (Å²) in [6.45, 7) is 7.43. The largest absolute Gasteiger partial charge is 0.372 e. The zero-order valence-electron chi connectivity index (χ0n) is 9.90. The van der Waals surface area contributed by atoms with Crippen LogP contribution in [0.25, 0.3) is 0 Å². The van der Waals surface area contributed by atoms with E-state index in [2.05, 4.69) is 0 Å². The number of rotatable bonds is 1. The summed E-state index contributed by atoms with van der Waals surface area (Å²) >= 11 is 1.56. The van der Waals surface area contributed by atoms with Gasteiger partial charge in [-0.3, -0.25) is 4.79 Å². The van der Waals surface area contributed by atoms with Crippen molar-refractivity contribution in [2.24, 2.45) is 0 Å². The van der Waals surface area contributed by atoms with Crippen LogP contribution in [0.15, 0.2) is 12.1 Å². The topological polar surface area (TPSA) is 29.5 Å². The van der Waals surface area contributed by atoms with Gasteiger partial charge in [-0.25, -0.2) is 0 Å². The highest BCUT2D eigenvalue weighted by Gasteiger charge is 2.27. The van der Waals surface area contributed by atoms with Gasteiger partial charge in [-0.15, -0.1) is 11.3 Å². The van der Waals surface area contributed by atoms with Gasteiger partial charge in [0.1, 0.15) is 0 Å². The van der Waals surface area contributed by atoms with Gasteiger partial charge in [-0.05, 0) is 32.9 Å². The summed E-state index contributed by atoms with van der Waals surface area (Å²) in [5.41, 5.74) is 0. The number of morpholine rings is 1. The average Bonchev–Trinajstić information content (AvgIpc) is 2.62. The molecule has 0 N–H and O–H groups in total. The predicted molar refractivity (Wildman–Crippen MR) is 65.0 cm³/mol. The number of aryl methyl sites for hydroxylation is 1. The van der Waals surface area contributed by atoms with Gasteiger partial charge in [0.25, 0.3) is 5.91 Å². The first-order valence-corrected chi connectivity index (χ1v) is 6.39. The number of nitrogens with zero attached hydrogens (tertiary/aromatic N) is 1. The monoisotopic (exact) mass is 239 g/mol. The molecule has 1 aliphatic rings. The molecule has 16 heavy (non-hydrogen) atoms. The number of thiophene rings is 1. The van der Waals surface area contributed by atoms with Crippen LogP contribution in [0, 0.1) is 6.92 Å². The van der Waals surface area contributed by atoms with Gasteiger partial charge in [0.05, 0.1) is 17.1 Å². The maximum atomic E-state index is 12.2. The molecule has 2 atom stereocenters. The molecule has 0 spiro atoms. The van der Waals surface area contributed by atoms with Crippen LogP contribution in [0.2, 0.25) is 0 Å². The summed E-state index contributed by atoms with van der Waals surface area (Å²) in [4.78, 5) is 16.1. The first-order valence-electron chi connectivity index (χ1n) is 5.57. The molecule has 1 amide bonds. The summed E-state index contributed by atoms with van der Waals surface area (Å²) in [6.07, 6.45) is 0.266. The Bertz CT molecular complexity index is 378. The van der Waals surface area contributed by atoms with E-state index in [0.717, 1.165) is 4.88 Å². The molecular weight excluding hydrogens is 222 g/mol. The van der Waals surface area contributed by atoms with Gasteiger partial charge in [0.2, 0.25) is 0 Å². The fraction of sp³-hybridized carbons (Fsp3) is 0.583. The highest BCUT2D eigenvalue weighted by Crippen LogP contribution is 2.20. The molecule has 88 valence electrons.